The molecule has 0 spiro atoms. The summed E-state index contributed by atoms with van der Waals surface area (Å²) in [5.41, 5.74) is 3.59. The van der Waals surface area contributed by atoms with Crippen LogP contribution in [0.1, 0.15) is 12.1 Å². The predicted octanol–water partition coefficient (Wildman–Crippen LogP) is 7.61. The van der Waals surface area contributed by atoms with E-state index in [4.69, 9.17) is 21.3 Å². The van der Waals surface area contributed by atoms with Gasteiger partial charge in [-0.2, -0.15) is 0 Å². The summed E-state index contributed by atoms with van der Waals surface area (Å²) >= 11 is 8.25. The Bertz CT molecular complexity index is 1550. The number of aromatic nitrogens is 4. The van der Waals surface area contributed by atoms with Gasteiger partial charge in [0, 0.05) is 43.1 Å². The summed E-state index contributed by atoms with van der Waals surface area (Å²) in [6.07, 6.45) is 6.39. The molecule has 0 saturated carbocycles. The Balaban J connectivity index is 0.00000154. The van der Waals surface area contributed by atoms with E-state index >= 15 is 0 Å². The molecule has 4 heterocycles. The minimum atomic E-state index is 0. The van der Waals surface area contributed by atoms with Gasteiger partial charge >= 0.3 is 0 Å². The van der Waals surface area contributed by atoms with Crippen molar-refractivity contribution in [3.05, 3.63) is 84.0 Å². The third-order valence-electron chi connectivity index (χ3n) is 6.32. The molecule has 2 aromatic carbocycles. The molecule has 0 radical (unpaired) electrons. The number of fused-ring (bicyclic) bond motifs is 1. The van der Waals surface area contributed by atoms with Crippen LogP contribution in [0.4, 0.5) is 16.6 Å². The smallest absolute Gasteiger partial charge is 0.185 e. The molecule has 42 heavy (non-hydrogen) atoms. The molecule has 0 atom stereocenters. The largest absolute Gasteiger partial charge is 0.486 e. The van der Waals surface area contributed by atoms with Gasteiger partial charge in [0.25, 0.3) is 0 Å². The predicted molar refractivity (Wildman–Crippen MR) is 183 cm³/mol. The van der Waals surface area contributed by atoms with Crippen molar-refractivity contribution in [1.29, 1.82) is 0 Å². The highest BCUT2D eigenvalue weighted by molar-refractivity contribution is 7.18. The number of benzene rings is 2. The molecule has 0 unspecified atom stereocenters. The Hall–Kier alpha value is -2.63. The molecule has 2 N–H and O–H groups in total. The summed E-state index contributed by atoms with van der Waals surface area (Å²) in [6.45, 7) is 4.39. The molecule has 3 aromatic heterocycles. The van der Waals surface area contributed by atoms with Gasteiger partial charge in [0.15, 0.2) is 5.13 Å². The fourth-order valence-corrected chi connectivity index (χ4v) is 5.56. The summed E-state index contributed by atoms with van der Waals surface area (Å²) in [5.74, 6) is 1.30. The van der Waals surface area contributed by atoms with E-state index in [2.05, 4.69) is 42.6 Å². The second-order valence-electron chi connectivity index (χ2n) is 8.93. The highest BCUT2D eigenvalue weighted by Gasteiger charge is 2.15. The quantitative estimate of drug-likeness (QED) is 0.181. The zero-order valence-electron chi connectivity index (χ0n) is 22.2. The van der Waals surface area contributed by atoms with Crippen molar-refractivity contribution >= 4 is 100 Å². The molecule has 1 fully saturated rings. The number of hydrogen-bond donors (Lipinski definition) is 2. The van der Waals surface area contributed by atoms with Gasteiger partial charge in [0.05, 0.1) is 21.1 Å². The van der Waals surface area contributed by atoms with E-state index in [9.17, 15) is 0 Å². The number of nitrogens with one attached hydrogen (secondary N) is 2. The Morgan fingerprint density at radius 1 is 0.929 bits per heavy atom. The number of anilines is 3. The van der Waals surface area contributed by atoms with Crippen LogP contribution >= 0.6 is 72.6 Å². The van der Waals surface area contributed by atoms with E-state index in [-0.39, 0.29) is 49.6 Å². The van der Waals surface area contributed by atoms with E-state index in [1.807, 2.05) is 48.7 Å². The first-order chi connectivity index (χ1) is 18.7. The molecule has 1 aliphatic rings. The van der Waals surface area contributed by atoms with Crippen molar-refractivity contribution in [3.8, 4) is 16.2 Å². The minimum Gasteiger partial charge on any atom is -0.486 e. The van der Waals surface area contributed by atoms with Crippen molar-refractivity contribution in [3.63, 3.8) is 0 Å². The van der Waals surface area contributed by atoms with Crippen molar-refractivity contribution in [2.24, 2.45) is 0 Å². The Labute approximate surface area is 278 Å². The molecule has 0 bridgehead atoms. The van der Waals surface area contributed by atoms with E-state index in [0.29, 0.717) is 23.2 Å². The van der Waals surface area contributed by atoms with Gasteiger partial charge in [-0.15, -0.1) is 49.6 Å². The second kappa shape index (κ2) is 16.9. The maximum absolute atomic E-state index is 6.53. The lowest BCUT2D eigenvalue weighted by Crippen LogP contribution is -2.27. The number of ether oxygens (including phenoxy) is 1. The highest BCUT2D eigenvalue weighted by atomic mass is 35.5. The number of pyridine rings is 1. The van der Waals surface area contributed by atoms with Crippen LogP contribution in [0.15, 0.2) is 73.3 Å². The molecule has 1 aliphatic heterocycles. The van der Waals surface area contributed by atoms with Crippen LogP contribution < -0.4 is 20.3 Å². The van der Waals surface area contributed by atoms with Crippen LogP contribution in [0, 0.1) is 0 Å². The van der Waals surface area contributed by atoms with E-state index in [1.165, 1.54) is 0 Å². The van der Waals surface area contributed by atoms with Gasteiger partial charge in [0.1, 0.15) is 24.5 Å². The molecular formula is C28H30Cl5N7OS. The van der Waals surface area contributed by atoms with Gasteiger partial charge in [0.2, 0.25) is 0 Å². The first-order valence-electron chi connectivity index (χ1n) is 12.5. The lowest BCUT2D eigenvalue weighted by atomic mass is 10.1. The van der Waals surface area contributed by atoms with Crippen molar-refractivity contribution < 1.29 is 4.74 Å². The SMILES string of the molecule is Cl.Cl.Cl.Cl.Clc1cc(Nc2ncnc3ccc(-c4cnc(N5CCCNCC5)s4)cc23)ccc1OCc1ccccn1. The highest BCUT2D eigenvalue weighted by Crippen LogP contribution is 2.35. The summed E-state index contributed by atoms with van der Waals surface area (Å²) in [4.78, 5) is 21.5. The Kier molecular flexibility index (Phi) is 14.3. The van der Waals surface area contributed by atoms with Crippen molar-refractivity contribution in [1.82, 2.24) is 25.3 Å². The molecule has 1 saturated heterocycles. The number of rotatable bonds is 7. The lowest BCUT2D eigenvalue weighted by Gasteiger charge is -2.18. The van der Waals surface area contributed by atoms with Crippen molar-refractivity contribution in [2.45, 2.75) is 13.0 Å². The fraction of sp³-hybridized carbons (Fsp3) is 0.214. The third kappa shape index (κ3) is 8.48. The molecule has 6 rings (SSSR count). The molecular weight excluding hydrogens is 660 g/mol. The topological polar surface area (TPSA) is 88.1 Å². The molecule has 224 valence electrons. The van der Waals surface area contributed by atoms with Gasteiger partial charge < -0.3 is 20.3 Å². The summed E-state index contributed by atoms with van der Waals surface area (Å²) in [6, 6.07) is 17.5. The number of halogens is 5. The van der Waals surface area contributed by atoms with Gasteiger partial charge in [-0.25, -0.2) is 15.0 Å². The van der Waals surface area contributed by atoms with Crippen LogP contribution in [-0.2, 0) is 6.61 Å². The maximum atomic E-state index is 6.53. The molecule has 0 amide bonds. The first-order valence-corrected chi connectivity index (χ1v) is 13.7. The summed E-state index contributed by atoms with van der Waals surface area (Å²) in [7, 11) is 0. The maximum Gasteiger partial charge on any atom is 0.185 e. The van der Waals surface area contributed by atoms with Gasteiger partial charge in [-0.1, -0.05) is 35.1 Å². The molecule has 8 nitrogen and oxygen atoms in total. The number of nitrogens with zero attached hydrogens (tertiary/aromatic N) is 5. The fourth-order valence-electron chi connectivity index (χ4n) is 4.36. The molecule has 5 aromatic rings. The van der Waals surface area contributed by atoms with E-state index < -0.39 is 0 Å². The van der Waals surface area contributed by atoms with Crippen LogP contribution in [0.2, 0.25) is 5.02 Å². The number of thiazole rings is 1. The molecule has 0 aliphatic carbocycles. The lowest BCUT2D eigenvalue weighted by molar-refractivity contribution is 0.301. The zero-order valence-corrected chi connectivity index (χ0v) is 27.1. The molecule has 14 heteroatoms. The van der Waals surface area contributed by atoms with Crippen molar-refractivity contribution in [2.75, 3.05) is 36.4 Å². The van der Waals surface area contributed by atoms with E-state index in [1.54, 1.807) is 23.9 Å². The second-order valence-corrected chi connectivity index (χ2v) is 10.3. The average molecular weight is 690 g/mol. The standard InChI is InChI=1S/C28H26ClN7OS.4ClH/c29-23-15-20(6-8-25(23)37-17-21-4-1-2-10-31-21)35-27-22-14-19(5-7-24(22)33-18-34-27)26-16-32-28(38-26)36-12-3-9-30-11-13-36;;;;/h1-2,4-8,10,14-16,18,30H,3,9,11-13,17H2,(H,33,34,35);4*1H. The monoisotopic (exact) mass is 687 g/mol. The van der Waals surface area contributed by atoms with Crippen LogP contribution in [0.3, 0.4) is 0 Å². The normalized spacial score (nSPS) is 12.5. The zero-order chi connectivity index (χ0) is 25.7. The average Bonchev–Trinajstić information content (AvgIpc) is 3.28. The number of hydrogen-bond acceptors (Lipinski definition) is 9. The Morgan fingerprint density at radius 3 is 2.62 bits per heavy atom. The van der Waals surface area contributed by atoms with Gasteiger partial charge in [-0.3, -0.25) is 4.98 Å². The first kappa shape index (κ1) is 35.6. The minimum absolute atomic E-state index is 0. The van der Waals surface area contributed by atoms with Crippen LogP contribution in [-0.4, -0.2) is 46.1 Å². The van der Waals surface area contributed by atoms with E-state index in [0.717, 1.165) is 70.5 Å². The summed E-state index contributed by atoms with van der Waals surface area (Å²) in [5, 5.41) is 9.34. The Morgan fingerprint density at radius 2 is 1.81 bits per heavy atom. The summed E-state index contributed by atoms with van der Waals surface area (Å²) < 4.78 is 5.86. The third-order valence-corrected chi connectivity index (χ3v) is 7.72. The van der Waals surface area contributed by atoms with Crippen LogP contribution in [0.25, 0.3) is 21.3 Å². The van der Waals surface area contributed by atoms with Gasteiger partial charge in [-0.05, 0) is 61.0 Å². The van der Waals surface area contributed by atoms with Crippen LogP contribution in [0.5, 0.6) is 5.75 Å².